The molecule has 0 aliphatic rings. The molecule has 1 atom stereocenters. The predicted octanol–water partition coefficient (Wildman–Crippen LogP) is 5.40. The Labute approximate surface area is 221 Å². The second-order valence-corrected chi connectivity index (χ2v) is 11.0. The summed E-state index contributed by atoms with van der Waals surface area (Å²) in [5.41, 5.74) is 3.31. The van der Waals surface area contributed by atoms with Gasteiger partial charge >= 0.3 is 5.97 Å². The van der Waals surface area contributed by atoms with Crippen LogP contribution in [0.1, 0.15) is 27.6 Å². The van der Waals surface area contributed by atoms with E-state index in [1.165, 1.54) is 18.2 Å². The van der Waals surface area contributed by atoms with Gasteiger partial charge in [0.2, 0.25) is 9.84 Å². The first-order valence-electron chi connectivity index (χ1n) is 11.7. The number of aromatic carboxylic acids is 1. The third kappa shape index (κ3) is 6.64. The minimum atomic E-state index is -3.70. The minimum absolute atomic E-state index is 0.162. The van der Waals surface area contributed by atoms with Crippen molar-refractivity contribution in [3.8, 4) is 11.1 Å². The first-order valence-corrected chi connectivity index (χ1v) is 13.5. The molecule has 6 nitrogen and oxygen atoms in total. The number of carbonyl (C=O) groups is 1. The lowest BCUT2D eigenvalue weighted by atomic mass is 10.0. The highest BCUT2D eigenvalue weighted by Crippen LogP contribution is 2.26. The van der Waals surface area contributed by atoms with Gasteiger partial charge in [0.05, 0.1) is 21.5 Å². The van der Waals surface area contributed by atoms with Crippen LogP contribution in [0.5, 0.6) is 0 Å². The normalized spacial score (nSPS) is 12.3. The molecule has 8 heteroatoms. The Morgan fingerprint density at radius 1 is 0.838 bits per heavy atom. The monoisotopic (exact) mass is 535 g/mol. The van der Waals surface area contributed by atoms with Crippen molar-refractivity contribution < 1.29 is 23.4 Å². The summed E-state index contributed by atoms with van der Waals surface area (Å²) in [6.07, 6.45) is 0.00546. The summed E-state index contributed by atoms with van der Waals surface area (Å²) < 4.78 is 26.2. The van der Waals surface area contributed by atoms with Gasteiger partial charge in [0.1, 0.15) is 0 Å². The van der Waals surface area contributed by atoms with Crippen molar-refractivity contribution in [1.82, 2.24) is 5.32 Å². The van der Waals surface area contributed by atoms with Crippen molar-refractivity contribution in [2.75, 3.05) is 13.1 Å². The summed E-state index contributed by atoms with van der Waals surface area (Å²) >= 11 is 5.97. The van der Waals surface area contributed by atoms with Crippen LogP contribution in [0.15, 0.2) is 107 Å². The maximum absolute atomic E-state index is 13.1. The van der Waals surface area contributed by atoms with E-state index in [4.69, 9.17) is 11.6 Å². The number of carboxylic acid groups (broad SMARTS) is 1. The molecule has 0 aliphatic heterocycles. The Kier molecular flexibility index (Phi) is 8.41. The lowest BCUT2D eigenvalue weighted by Gasteiger charge is -2.13. The Morgan fingerprint density at radius 2 is 1.49 bits per heavy atom. The van der Waals surface area contributed by atoms with Crippen LogP contribution in [0.4, 0.5) is 0 Å². The zero-order valence-corrected chi connectivity index (χ0v) is 21.4. The highest BCUT2D eigenvalue weighted by Gasteiger charge is 2.18. The second-order valence-electron chi connectivity index (χ2n) is 8.58. The molecule has 0 spiro atoms. The smallest absolute Gasteiger partial charge is 0.335 e. The maximum Gasteiger partial charge on any atom is 0.335 e. The number of hydrogen-bond donors (Lipinski definition) is 3. The largest absolute Gasteiger partial charge is 0.478 e. The van der Waals surface area contributed by atoms with Gasteiger partial charge < -0.3 is 15.5 Å². The van der Waals surface area contributed by atoms with Gasteiger partial charge in [-0.05, 0) is 83.8 Å². The molecule has 4 rings (SSSR count). The summed E-state index contributed by atoms with van der Waals surface area (Å²) in [6.45, 7) is 0.998. The van der Waals surface area contributed by atoms with Gasteiger partial charge in [-0.3, -0.25) is 0 Å². The molecular weight excluding hydrogens is 510 g/mol. The molecular formula is C29H26ClNO5S. The zero-order valence-electron chi connectivity index (χ0n) is 19.8. The zero-order chi connectivity index (χ0) is 26.4. The van der Waals surface area contributed by atoms with E-state index >= 15 is 0 Å². The van der Waals surface area contributed by atoms with Crippen LogP contribution >= 0.6 is 11.6 Å². The SMILES string of the molecule is O=C(O)c1cccc(-c2ccc(S(=O)(=O)c3ccc(CCNC[C@H](O)c4cccc(Cl)c4)cc3)cc2)c1. The van der Waals surface area contributed by atoms with Gasteiger partial charge in [0.25, 0.3) is 0 Å². The molecule has 0 aliphatic carbocycles. The highest BCUT2D eigenvalue weighted by atomic mass is 35.5. The van der Waals surface area contributed by atoms with E-state index < -0.39 is 21.9 Å². The molecule has 4 aromatic rings. The maximum atomic E-state index is 13.1. The Morgan fingerprint density at radius 3 is 2.14 bits per heavy atom. The van der Waals surface area contributed by atoms with E-state index in [9.17, 15) is 23.4 Å². The summed E-state index contributed by atoms with van der Waals surface area (Å²) in [7, 11) is -3.70. The number of nitrogens with one attached hydrogen (secondary N) is 1. The van der Waals surface area contributed by atoms with Crippen molar-refractivity contribution >= 4 is 27.4 Å². The van der Waals surface area contributed by atoms with Crippen molar-refractivity contribution in [1.29, 1.82) is 0 Å². The van der Waals surface area contributed by atoms with E-state index in [1.807, 2.05) is 6.07 Å². The van der Waals surface area contributed by atoms with E-state index in [1.54, 1.807) is 72.8 Å². The molecule has 190 valence electrons. The fourth-order valence-corrected chi connectivity index (χ4v) is 5.39. The lowest BCUT2D eigenvalue weighted by Crippen LogP contribution is -2.23. The van der Waals surface area contributed by atoms with E-state index in [0.29, 0.717) is 30.1 Å². The third-order valence-corrected chi connectivity index (χ3v) is 8.02. The van der Waals surface area contributed by atoms with Crippen molar-refractivity contribution in [3.63, 3.8) is 0 Å². The number of rotatable bonds is 10. The van der Waals surface area contributed by atoms with E-state index in [2.05, 4.69) is 5.32 Å². The van der Waals surface area contributed by atoms with Gasteiger partial charge in [-0.1, -0.05) is 60.1 Å². The van der Waals surface area contributed by atoms with Gasteiger partial charge in [0.15, 0.2) is 0 Å². The topological polar surface area (TPSA) is 104 Å². The van der Waals surface area contributed by atoms with E-state index in [0.717, 1.165) is 16.7 Å². The van der Waals surface area contributed by atoms with Crippen molar-refractivity contribution in [2.24, 2.45) is 0 Å². The summed E-state index contributed by atoms with van der Waals surface area (Å²) in [4.78, 5) is 11.6. The number of carboxylic acids is 1. The summed E-state index contributed by atoms with van der Waals surface area (Å²) in [5.74, 6) is -1.02. The molecule has 0 unspecified atom stereocenters. The van der Waals surface area contributed by atoms with Crippen LogP contribution in [0.2, 0.25) is 5.02 Å². The second kappa shape index (κ2) is 11.7. The van der Waals surface area contributed by atoms with Gasteiger partial charge in [0, 0.05) is 11.6 Å². The first-order chi connectivity index (χ1) is 17.7. The Bertz CT molecular complexity index is 1490. The average molecular weight is 536 g/mol. The molecule has 4 aromatic carbocycles. The Balaban J connectivity index is 1.36. The number of hydrogen-bond acceptors (Lipinski definition) is 5. The van der Waals surface area contributed by atoms with E-state index in [-0.39, 0.29) is 15.4 Å². The molecule has 0 fully saturated rings. The molecule has 3 N–H and O–H groups in total. The fourth-order valence-electron chi connectivity index (χ4n) is 3.93. The number of aliphatic hydroxyl groups excluding tert-OH is 1. The summed E-state index contributed by atoms with van der Waals surface area (Å²) in [6, 6.07) is 26.8. The Hall–Kier alpha value is -3.49. The molecule has 0 saturated carbocycles. The first kappa shape index (κ1) is 26.6. The van der Waals surface area contributed by atoms with Gasteiger partial charge in [-0.25, -0.2) is 13.2 Å². The fraction of sp³-hybridized carbons (Fsp3) is 0.138. The van der Waals surface area contributed by atoms with Crippen LogP contribution in [0, 0.1) is 0 Å². The number of halogens is 1. The quantitative estimate of drug-likeness (QED) is 0.235. The highest BCUT2D eigenvalue weighted by molar-refractivity contribution is 7.91. The minimum Gasteiger partial charge on any atom is -0.478 e. The molecule has 0 radical (unpaired) electrons. The van der Waals surface area contributed by atoms with Crippen LogP contribution in [-0.4, -0.2) is 37.7 Å². The summed E-state index contributed by atoms with van der Waals surface area (Å²) in [5, 5.41) is 23.3. The molecule has 0 aromatic heterocycles. The standard InChI is InChI=1S/C29H26ClNO5S/c30-25-6-2-4-23(18-25)28(32)19-31-16-15-20-7-11-26(12-8-20)37(35,36)27-13-9-21(10-14-27)22-3-1-5-24(17-22)29(33)34/h1-14,17-18,28,31-32H,15-16,19H2,(H,33,34)/t28-/m0/s1. The number of sulfone groups is 1. The van der Waals surface area contributed by atoms with Gasteiger partial charge in [-0.2, -0.15) is 0 Å². The van der Waals surface area contributed by atoms with Crippen LogP contribution in [-0.2, 0) is 16.3 Å². The third-order valence-electron chi connectivity index (χ3n) is 6.00. The molecule has 0 saturated heterocycles. The van der Waals surface area contributed by atoms with Crippen LogP contribution in [0.3, 0.4) is 0 Å². The predicted molar refractivity (Wildman–Crippen MR) is 144 cm³/mol. The van der Waals surface area contributed by atoms with Crippen molar-refractivity contribution in [3.05, 3.63) is 119 Å². The average Bonchev–Trinajstić information content (AvgIpc) is 2.91. The van der Waals surface area contributed by atoms with Gasteiger partial charge in [-0.15, -0.1) is 0 Å². The number of benzene rings is 4. The van der Waals surface area contributed by atoms with Crippen LogP contribution < -0.4 is 5.32 Å². The molecule has 37 heavy (non-hydrogen) atoms. The molecule has 0 amide bonds. The molecule has 0 heterocycles. The molecule has 0 bridgehead atoms. The van der Waals surface area contributed by atoms with Crippen molar-refractivity contribution in [2.45, 2.75) is 22.3 Å². The number of aliphatic hydroxyl groups is 1. The van der Waals surface area contributed by atoms with Crippen LogP contribution in [0.25, 0.3) is 11.1 Å². The lowest BCUT2D eigenvalue weighted by molar-refractivity contribution is 0.0697.